The number of amides is 1. The molecule has 0 aliphatic heterocycles. The van der Waals surface area contributed by atoms with Crippen LogP contribution in [-0.4, -0.2) is 11.9 Å². The van der Waals surface area contributed by atoms with Gasteiger partial charge in [0.25, 0.3) is 0 Å². The molecule has 0 radical (unpaired) electrons. The van der Waals surface area contributed by atoms with Gasteiger partial charge in [0.1, 0.15) is 5.75 Å². The van der Waals surface area contributed by atoms with Gasteiger partial charge in [0.15, 0.2) is 5.78 Å². The van der Waals surface area contributed by atoms with Crippen molar-refractivity contribution in [3.8, 4) is 5.75 Å². The second-order valence-corrected chi connectivity index (χ2v) is 6.23. The highest BCUT2D eigenvalue weighted by Gasteiger charge is 2.17. The van der Waals surface area contributed by atoms with Gasteiger partial charge in [-0.3, -0.25) is 10.1 Å². The molecule has 0 fully saturated rings. The van der Waals surface area contributed by atoms with Crippen LogP contribution in [0, 0.1) is 0 Å². The Kier molecular flexibility index (Phi) is 5.56. The summed E-state index contributed by atoms with van der Waals surface area (Å²) in [5.41, 5.74) is 1.19. The highest BCUT2D eigenvalue weighted by atomic mass is 35.5. The summed E-state index contributed by atoms with van der Waals surface area (Å²) in [6.45, 7) is 0. The van der Waals surface area contributed by atoms with E-state index in [1.807, 2.05) is 6.07 Å². The number of hydrogen-bond donors (Lipinski definition) is 1. The van der Waals surface area contributed by atoms with Crippen molar-refractivity contribution in [2.45, 2.75) is 0 Å². The number of ether oxygens (including phenoxy) is 1. The maximum Gasteiger partial charge on any atom is 0.417 e. The molecule has 0 atom stereocenters. The fraction of sp³-hybridized carbons (Fsp3) is 0. The number of rotatable bonds is 4. The Balaban J connectivity index is 1.82. The zero-order valence-corrected chi connectivity index (χ0v) is 14.9. The zero-order valence-electron chi connectivity index (χ0n) is 13.4. The van der Waals surface area contributed by atoms with Crippen molar-refractivity contribution < 1.29 is 14.3 Å². The minimum atomic E-state index is -0.725. The van der Waals surface area contributed by atoms with Crippen LogP contribution >= 0.6 is 23.2 Å². The molecule has 3 aromatic rings. The maximum absolute atomic E-state index is 12.7. The molecule has 0 heterocycles. The molecule has 0 spiro atoms. The predicted molar refractivity (Wildman–Crippen MR) is 102 cm³/mol. The second-order valence-electron chi connectivity index (χ2n) is 5.36. The molecular weight excluding hydrogens is 373 g/mol. The molecule has 3 aromatic carbocycles. The highest BCUT2D eigenvalue weighted by molar-refractivity contribution is 6.31. The monoisotopic (exact) mass is 385 g/mol. The minimum absolute atomic E-state index is 0.120. The summed E-state index contributed by atoms with van der Waals surface area (Å²) in [4.78, 5) is 24.9. The SMILES string of the molecule is O=C(Nc1ccc(Cl)cc1)Oc1ccc(Cl)cc1C(=O)c1ccccc1. The average molecular weight is 386 g/mol. The molecule has 0 unspecified atom stereocenters. The van der Waals surface area contributed by atoms with Crippen LogP contribution in [0.2, 0.25) is 10.0 Å². The van der Waals surface area contributed by atoms with E-state index in [1.54, 1.807) is 54.6 Å². The van der Waals surface area contributed by atoms with E-state index in [-0.39, 0.29) is 17.1 Å². The first-order chi connectivity index (χ1) is 12.5. The molecule has 3 rings (SSSR count). The van der Waals surface area contributed by atoms with Crippen LogP contribution in [0.15, 0.2) is 72.8 Å². The number of ketones is 1. The first-order valence-corrected chi connectivity index (χ1v) is 8.42. The quantitative estimate of drug-likeness (QED) is 0.574. The lowest BCUT2D eigenvalue weighted by Gasteiger charge is -2.11. The van der Waals surface area contributed by atoms with Gasteiger partial charge in [-0.2, -0.15) is 0 Å². The average Bonchev–Trinajstić information content (AvgIpc) is 2.65. The van der Waals surface area contributed by atoms with Gasteiger partial charge < -0.3 is 4.74 Å². The van der Waals surface area contributed by atoms with Crippen molar-refractivity contribution >= 4 is 40.8 Å². The summed E-state index contributed by atoms with van der Waals surface area (Å²) < 4.78 is 5.31. The Morgan fingerprint density at radius 1 is 0.808 bits per heavy atom. The molecule has 1 N–H and O–H groups in total. The van der Waals surface area contributed by atoms with Gasteiger partial charge in [0.2, 0.25) is 0 Å². The molecule has 0 bridgehead atoms. The third-order valence-electron chi connectivity index (χ3n) is 3.52. The summed E-state index contributed by atoms with van der Waals surface area (Å²) in [6.07, 6.45) is -0.725. The number of carbonyl (C=O) groups is 2. The van der Waals surface area contributed by atoms with E-state index in [1.165, 1.54) is 12.1 Å². The van der Waals surface area contributed by atoms with Crippen LogP contribution < -0.4 is 10.1 Å². The molecule has 0 saturated heterocycles. The third kappa shape index (κ3) is 4.42. The van der Waals surface area contributed by atoms with E-state index < -0.39 is 6.09 Å². The van der Waals surface area contributed by atoms with Gasteiger partial charge in [0, 0.05) is 21.3 Å². The number of anilines is 1. The van der Waals surface area contributed by atoms with Gasteiger partial charge >= 0.3 is 6.09 Å². The number of carbonyl (C=O) groups excluding carboxylic acids is 2. The fourth-order valence-corrected chi connectivity index (χ4v) is 2.59. The summed E-state index contributed by atoms with van der Waals surface area (Å²) in [7, 11) is 0. The zero-order chi connectivity index (χ0) is 18.5. The molecule has 0 aliphatic carbocycles. The standard InChI is InChI=1S/C20H13Cl2NO3/c21-14-6-9-16(10-7-14)23-20(25)26-18-11-8-15(22)12-17(18)19(24)13-4-2-1-3-5-13/h1-12H,(H,23,25). The highest BCUT2D eigenvalue weighted by Crippen LogP contribution is 2.26. The molecule has 0 aliphatic rings. The van der Waals surface area contributed by atoms with Gasteiger partial charge in [0.05, 0.1) is 5.56 Å². The number of hydrogen-bond acceptors (Lipinski definition) is 3. The van der Waals surface area contributed by atoms with Crippen molar-refractivity contribution in [1.29, 1.82) is 0 Å². The largest absolute Gasteiger partial charge is 0.417 e. The van der Waals surface area contributed by atoms with Crippen molar-refractivity contribution in [3.05, 3.63) is 94.0 Å². The van der Waals surface area contributed by atoms with E-state index in [0.29, 0.717) is 21.3 Å². The lowest BCUT2D eigenvalue weighted by Crippen LogP contribution is -2.18. The van der Waals surface area contributed by atoms with Crippen molar-refractivity contribution in [1.82, 2.24) is 0 Å². The van der Waals surface area contributed by atoms with Crippen LogP contribution in [0.3, 0.4) is 0 Å². The molecule has 26 heavy (non-hydrogen) atoms. The molecule has 0 saturated carbocycles. The topological polar surface area (TPSA) is 55.4 Å². The predicted octanol–water partition coefficient (Wildman–Crippen LogP) is 5.84. The number of halogens is 2. The van der Waals surface area contributed by atoms with E-state index in [4.69, 9.17) is 27.9 Å². The number of nitrogens with one attached hydrogen (secondary N) is 1. The summed E-state index contributed by atoms with van der Waals surface area (Å²) in [5.74, 6) is -0.169. The summed E-state index contributed by atoms with van der Waals surface area (Å²) in [6, 6.07) is 19.8. The van der Waals surface area contributed by atoms with E-state index in [0.717, 1.165) is 0 Å². The van der Waals surface area contributed by atoms with Gasteiger partial charge in [-0.05, 0) is 42.5 Å². The van der Waals surface area contributed by atoms with E-state index >= 15 is 0 Å². The van der Waals surface area contributed by atoms with Gasteiger partial charge in [-0.25, -0.2) is 4.79 Å². The lowest BCUT2D eigenvalue weighted by molar-refractivity contribution is 0.103. The van der Waals surface area contributed by atoms with Crippen LogP contribution in [0.4, 0.5) is 10.5 Å². The van der Waals surface area contributed by atoms with Crippen molar-refractivity contribution in [3.63, 3.8) is 0 Å². The van der Waals surface area contributed by atoms with Gasteiger partial charge in [-0.1, -0.05) is 53.5 Å². The fourth-order valence-electron chi connectivity index (χ4n) is 2.29. The molecule has 4 nitrogen and oxygen atoms in total. The Morgan fingerprint density at radius 2 is 1.46 bits per heavy atom. The smallest absolute Gasteiger partial charge is 0.409 e. The first-order valence-electron chi connectivity index (χ1n) is 7.66. The van der Waals surface area contributed by atoms with Crippen LogP contribution in [0.1, 0.15) is 15.9 Å². The van der Waals surface area contributed by atoms with Crippen LogP contribution in [0.25, 0.3) is 0 Å². The minimum Gasteiger partial charge on any atom is -0.409 e. The molecule has 1 amide bonds. The Bertz CT molecular complexity index is 941. The Morgan fingerprint density at radius 3 is 2.15 bits per heavy atom. The second kappa shape index (κ2) is 8.04. The van der Waals surface area contributed by atoms with Gasteiger partial charge in [-0.15, -0.1) is 0 Å². The van der Waals surface area contributed by atoms with E-state index in [9.17, 15) is 9.59 Å². The Hall–Kier alpha value is -2.82. The van der Waals surface area contributed by atoms with Crippen LogP contribution in [0.5, 0.6) is 5.75 Å². The van der Waals surface area contributed by atoms with Crippen LogP contribution in [-0.2, 0) is 0 Å². The third-order valence-corrected chi connectivity index (χ3v) is 4.00. The maximum atomic E-state index is 12.7. The number of benzene rings is 3. The van der Waals surface area contributed by atoms with E-state index in [2.05, 4.69) is 5.32 Å². The normalized spacial score (nSPS) is 10.2. The molecular formula is C20H13Cl2NO3. The first kappa shape index (κ1) is 18.0. The summed E-state index contributed by atoms with van der Waals surface area (Å²) in [5, 5.41) is 3.50. The Labute approximate surface area is 160 Å². The molecule has 130 valence electrons. The lowest BCUT2D eigenvalue weighted by atomic mass is 10.0. The van der Waals surface area contributed by atoms with Crippen molar-refractivity contribution in [2.75, 3.05) is 5.32 Å². The van der Waals surface area contributed by atoms with Crippen molar-refractivity contribution in [2.24, 2.45) is 0 Å². The molecule has 0 aromatic heterocycles. The summed E-state index contributed by atoms with van der Waals surface area (Å²) >= 11 is 11.8. The molecule has 6 heteroatoms.